The molecule has 10 aromatic rings. The average molecular weight is 1230 g/mol. The van der Waals surface area contributed by atoms with E-state index in [1.54, 1.807) is 49.1 Å². The topological polar surface area (TPSA) is 251 Å². The normalized spacial score (nSPS) is 10.5. The molecule has 0 aliphatic heterocycles. The van der Waals surface area contributed by atoms with Crippen molar-refractivity contribution in [2.24, 2.45) is 11.5 Å². The van der Waals surface area contributed by atoms with Gasteiger partial charge in [0.05, 0.1) is 56.9 Å². The summed E-state index contributed by atoms with van der Waals surface area (Å²) in [5, 5.41) is 10.4. The number of aldehydes is 2. The third kappa shape index (κ3) is 27.4. The van der Waals surface area contributed by atoms with E-state index in [-0.39, 0.29) is 0 Å². The summed E-state index contributed by atoms with van der Waals surface area (Å²) in [6, 6.07) is 39.3. The first-order valence-corrected chi connectivity index (χ1v) is 31.8. The predicted molar refractivity (Wildman–Crippen MR) is 373 cm³/mol. The molecule has 0 radical (unpaired) electrons. The van der Waals surface area contributed by atoms with E-state index < -0.39 is 0 Å². The Labute approximate surface area is 544 Å². The summed E-state index contributed by atoms with van der Waals surface area (Å²) in [7, 11) is 0. The molecule has 10 rings (SSSR count). The Kier molecular flexibility index (Phi) is 32.6. The molecule has 0 aromatic carbocycles. The molecule has 0 atom stereocenters. The van der Waals surface area contributed by atoms with Gasteiger partial charge in [-0.25, -0.2) is 0 Å². The summed E-state index contributed by atoms with van der Waals surface area (Å²) in [6.07, 6.45) is 30.1. The van der Waals surface area contributed by atoms with Crippen LogP contribution in [0.15, 0.2) is 183 Å². The lowest BCUT2D eigenvalue weighted by Crippen LogP contribution is -2.23. The van der Waals surface area contributed by atoms with E-state index in [0.29, 0.717) is 11.1 Å². The zero-order valence-corrected chi connectivity index (χ0v) is 54.4. The number of nitrogens with one attached hydrogen (secondary N) is 3. The van der Waals surface area contributed by atoms with Crippen LogP contribution in [-0.2, 0) is 13.0 Å². The third-order valence-corrected chi connectivity index (χ3v) is 14.3. The number of carbonyl (C=O) groups is 2. The summed E-state index contributed by atoms with van der Waals surface area (Å²) < 4.78 is 0. The number of pyridine rings is 10. The first-order valence-electron chi connectivity index (χ1n) is 31.8. The first-order chi connectivity index (χ1) is 44.9. The van der Waals surface area contributed by atoms with Gasteiger partial charge in [-0.1, -0.05) is 12.8 Å². The van der Waals surface area contributed by atoms with Gasteiger partial charge in [0.1, 0.15) is 12.6 Å². The molecule has 0 saturated carbocycles. The molecule has 0 bridgehead atoms. The molecule has 17 heteroatoms. The molecule has 0 aliphatic carbocycles. The summed E-state index contributed by atoms with van der Waals surface area (Å²) in [4.78, 5) is 64.5. The molecule has 0 fully saturated rings. The van der Waals surface area contributed by atoms with Crippen LogP contribution in [0, 0.1) is 41.5 Å². The van der Waals surface area contributed by atoms with Crippen LogP contribution in [-0.4, -0.2) is 108 Å². The molecular weight excluding hydrogens is 1140 g/mol. The van der Waals surface area contributed by atoms with Gasteiger partial charge < -0.3 is 27.4 Å². The lowest BCUT2D eigenvalue weighted by molar-refractivity contribution is 0.111. The Morgan fingerprint density at radius 1 is 0.293 bits per heavy atom. The molecule has 92 heavy (non-hydrogen) atoms. The smallest absolute Gasteiger partial charge is 0.150 e. The van der Waals surface area contributed by atoms with Crippen molar-refractivity contribution in [3.05, 3.63) is 239 Å². The number of nitrogens with zero attached hydrogens (tertiary/aromatic N) is 10. The minimum Gasteiger partial charge on any atom is -0.330 e. The number of aromatic nitrogens is 10. The Balaban J connectivity index is 0.000000205. The van der Waals surface area contributed by atoms with Crippen molar-refractivity contribution < 1.29 is 9.59 Å². The van der Waals surface area contributed by atoms with Crippen molar-refractivity contribution in [1.29, 1.82) is 0 Å². The first kappa shape index (κ1) is 71.7. The van der Waals surface area contributed by atoms with Crippen LogP contribution < -0.4 is 27.4 Å². The maximum absolute atomic E-state index is 10.6. The van der Waals surface area contributed by atoms with Gasteiger partial charge in [-0.15, -0.1) is 0 Å². The number of hydrogen-bond donors (Lipinski definition) is 5. The van der Waals surface area contributed by atoms with Crippen LogP contribution in [0.1, 0.15) is 117 Å². The monoisotopic (exact) mass is 1230 g/mol. The second kappa shape index (κ2) is 41.8. The van der Waals surface area contributed by atoms with Crippen molar-refractivity contribution in [3.8, 4) is 56.9 Å². The number of unbranched alkanes of at least 4 members (excludes halogenated alkanes) is 5. The summed E-state index contributed by atoms with van der Waals surface area (Å²) in [5.74, 6) is 0. The van der Waals surface area contributed by atoms with Crippen molar-refractivity contribution >= 4 is 12.6 Å². The molecule has 7 N–H and O–H groups in total. The van der Waals surface area contributed by atoms with E-state index in [0.717, 1.165) is 146 Å². The minimum atomic E-state index is 0.614. The maximum atomic E-state index is 10.6. The molecule has 0 spiro atoms. The van der Waals surface area contributed by atoms with Crippen molar-refractivity contribution in [2.45, 2.75) is 106 Å². The molecule has 10 aromatic heterocycles. The van der Waals surface area contributed by atoms with Gasteiger partial charge in [0.15, 0.2) is 0 Å². The van der Waals surface area contributed by atoms with Crippen LogP contribution in [0.25, 0.3) is 56.9 Å². The van der Waals surface area contributed by atoms with E-state index in [2.05, 4.69) is 130 Å². The van der Waals surface area contributed by atoms with Crippen LogP contribution in [0.2, 0.25) is 0 Å². The van der Waals surface area contributed by atoms with E-state index in [9.17, 15) is 9.59 Å². The van der Waals surface area contributed by atoms with Gasteiger partial charge in [0.25, 0.3) is 0 Å². The van der Waals surface area contributed by atoms with Gasteiger partial charge in [-0.3, -0.25) is 59.4 Å². The lowest BCUT2D eigenvalue weighted by Gasteiger charge is -2.08. The number of rotatable bonds is 27. The van der Waals surface area contributed by atoms with Crippen molar-refractivity contribution in [1.82, 2.24) is 65.8 Å². The predicted octanol–water partition coefficient (Wildman–Crippen LogP) is 13.0. The number of carbonyl (C=O) groups excluding carboxylic acids is 2. The molecule has 478 valence electrons. The molecule has 0 aliphatic rings. The second-order valence-corrected chi connectivity index (χ2v) is 22.4. The van der Waals surface area contributed by atoms with E-state index >= 15 is 0 Å². The highest BCUT2D eigenvalue weighted by Gasteiger charge is 2.07. The largest absolute Gasteiger partial charge is 0.330 e. The zero-order chi connectivity index (χ0) is 65.4. The average Bonchev–Trinajstić information content (AvgIpc) is 1.51. The molecular formula is C75H91N15O2. The Morgan fingerprint density at radius 2 is 0.576 bits per heavy atom. The van der Waals surface area contributed by atoms with Crippen LogP contribution in [0.4, 0.5) is 0 Å². The fourth-order valence-electron chi connectivity index (χ4n) is 9.28. The highest BCUT2D eigenvalue weighted by atomic mass is 16.1. The number of nitrogens with two attached hydrogens (primary N) is 2. The summed E-state index contributed by atoms with van der Waals surface area (Å²) >= 11 is 0. The van der Waals surface area contributed by atoms with Gasteiger partial charge in [0, 0.05) is 92.7 Å². The SMILES string of the molecule is Cc1ccnc(-c2cc(C)ccn2)c1.Cc1ccnc(-c2cc(C=O)ccn2)c1.Cc1ccnc(-c2cc(C=O)ccn2)c1.Cc1ccnc(-c2cc(CCCCNCCCCCNCc3ccnc(-c4cc(C)ccn4)c3)ccn2)c1.NCCCCCNCCN. The summed E-state index contributed by atoms with van der Waals surface area (Å²) in [6.45, 7) is 19.9. The van der Waals surface area contributed by atoms with E-state index in [4.69, 9.17) is 11.5 Å². The minimum absolute atomic E-state index is 0.614. The Bertz CT molecular complexity index is 3520. The lowest BCUT2D eigenvalue weighted by atomic mass is 10.1. The highest BCUT2D eigenvalue weighted by Crippen LogP contribution is 2.21. The third-order valence-electron chi connectivity index (χ3n) is 14.3. The fraction of sp³-hybridized carbons (Fsp3) is 0.307. The molecule has 0 saturated heterocycles. The highest BCUT2D eigenvalue weighted by molar-refractivity contribution is 5.77. The quantitative estimate of drug-likeness (QED) is 0.0237. The number of hydrogen-bond acceptors (Lipinski definition) is 17. The van der Waals surface area contributed by atoms with E-state index in [1.807, 2.05) is 112 Å². The molecule has 0 unspecified atom stereocenters. The maximum Gasteiger partial charge on any atom is 0.150 e. The fourth-order valence-corrected chi connectivity index (χ4v) is 9.28. The number of aryl methyl sites for hydroxylation is 7. The van der Waals surface area contributed by atoms with Gasteiger partial charge in [0.2, 0.25) is 0 Å². The van der Waals surface area contributed by atoms with Crippen molar-refractivity contribution in [3.63, 3.8) is 0 Å². The van der Waals surface area contributed by atoms with Gasteiger partial charge in [-0.05, 0) is 285 Å². The van der Waals surface area contributed by atoms with Crippen molar-refractivity contribution in [2.75, 3.05) is 45.8 Å². The van der Waals surface area contributed by atoms with Gasteiger partial charge in [-0.2, -0.15) is 0 Å². The van der Waals surface area contributed by atoms with Gasteiger partial charge >= 0.3 is 0 Å². The molecule has 0 amide bonds. The van der Waals surface area contributed by atoms with Crippen LogP contribution in [0.5, 0.6) is 0 Å². The summed E-state index contributed by atoms with van der Waals surface area (Å²) in [5.41, 5.74) is 30.2. The Hall–Kier alpha value is -9.36. The Morgan fingerprint density at radius 3 is 0.924 bits per heavy atom. The molecule has 10 heterocycles. The van der Waals surface area contributed by atoms with Crippen LogP contribution in [0.3, 0.4) is 0 Å². The van der Waals surface area contributed by atoms with Crippen LogP contribution >= 0.6 is 0 Å². The standard InChI is InChI=1S/C32H40N6.2C12H10N2O.C12H12N2.C7H19N3/c1-25-9-16-35-29(20-25)31-22-27(11-18-37-31)8-4-7-14-33-13-5-3-6-15-34-24-28-12-19-38-32(23-28)30-21-26(2)10-17-36-30;2*1-9-2-4-13-11(6-9)12-7-10(8-15)3-5-14-12;1-9-3-5-13-11(7-9)12-8-10(2)4-6-14-12;8-4-2-1-3-6-10-7-5-9/h9-12,16-23,33-34H,3-8,13-15,24H2,1-2H3;2*2-8H,1H3;3-8H,1-2H3;10H,1-9H2. The zero-order valence-electron chi connectivity index (χ0n) is 54.4. The molecule has 17 nitrogen and oxygen atoms in total. The van der Waals surface area contributed by atoms with E-state index in [1.165, 1.54) is 78.3 Å². The second-order valence-electron chi connectivity index (χ2n) is 22.4.